The lowest BCUT2D eigenvalue weighted by atomic mass is 10.3. The number of aliphatic imine (C=N–C) groups is 1. The zero-order valence-corrected chi connectivity index (χ0v) is 5.75. The number of rotatable bonds is 4. The maximum Gasteiger partial charge on any atom is 0.0612 e. The lowest BCUT2D eigenvalue weighted by Gasteiger charge is -1.82. The van der Waals surface area contributed by atoms with Crippen molar-refractivity contribution < 1.29 is 5.11 Å². The molecular weight excluding hydrogens is 114 g/mol. The van der Waals surface area contributed by atoms with Gasteiger partial charge >= 0.3 is 0 Å². The molecule has 0 aromatic carbocycles. The van der Waals surface area contributed by atoms with E-state index in [1.54, 1.807) is 13.1 Å². The number of hydrogen-bond donors (Lipinski definition) is 1. The predicted molar refractivity (Wildman–Crippen MR) is 39.9 cm³/mol. The Hall–Kier alpha value is -0.630. The van der Waals surface area contributed by atoms with Crippen LogP contribution in [0.4, 0.5) is 0 Å². The monoisotopic (exact) mass is 127 g/mol. The van der Waals surface area contributed by atoms with Crippen LogP contribution in [0.1, 0.15) is 12.8 Å². The van der Waals surface area contributed by atoms with Crippen molar-refractivity contribution in [1.29, 1.82) is 0 Å². The van der Waals surface area contributed by atoms with E-state index in [0.29, 0.717) is 0 Å². The third-order valence-electron chi connectivity index (χ3n) is 0.917. The molecule has 0 saturated carbocycles. The molecule has 0 radical (unpaired) electrons. The molecule has 1 N–H and O–H groups in total. The molecule has 0 aliphatic heterocycles. The third kappa shape index (κ3) is 7.37. The van der Waals surface area contributed by atoms with Gasteiger partial charge in [-0.25, -0.2) is 0 Å². The fourth-order valence-corrected chi connectivity index (χ4v) is 0.492. The summed E-state index contributed by atoms with van der Waals surface area (Å²) in [6.45, 7) is 0.142. The number of allylic oxidation sites excluding steroid dienone is 1. The molecule has 0 atom stereocenters. The summed E-state index contributed by atoms with van der Waals surface area (Å²) in [5, 5.41) is 8.30. The normalized spacial score (nSPS) is 11.8. The SMILES string of the molecule is CN=CCCC=CCO. The molecule has 0 aromatic heterocycles. The van der Waals surface area contributed by atoms with Crippen molar-refractivity contribution in [2.75, 3.05) is 13.7 Å². The van der Waals surface area contributed by atoms with E-state index in [1.807, 2.05) is 12.3 Å². The second-order valence-corrected chi connectivity index (χ2v) is 1.67. The Balaban J connectivity index is 2.99. The van der Waals surface area contributed by atoms with Gasteiger partial charge in [0, 0.05) is 7.05 Å². The quantitative estimate of drug-likeness (QED) is 0.341. The predicted octanol–water partition coefficient (Wildman–Crippen LogP) is 1.02. The van der Waals surface area contributed by atoms with Gasteiger partial charge in [0.05, 0.1) is 6.61 Å². The Morgan fingerprint density at radius 2 is 2.11 bits per heavy atom. The lowest BCUT2D eigenvalue weighted by molar-refractivity contribution is 0.342. The number of nitrogens with zero attached hydrogens (tertiary/aromatic N) is 1. The molecule has 0 aliphatic carbocycles. The zero-order valence-electron chi connectivity index (χ0n) is 5.75. The van der Waals surface area contributed by atoms with Crippen LogP contribution in [0.5, 0.6) is 0 Å². The molecule has 0 unspecified atom stereocenters. The van der Waals surface area contributed by atoms with Gasteiger partial charge in [0.15, 0.2) is 0 Å². The number of hydrogen-bond acceptors (Lipinski definition) is 2. The van der Waals surface area contributed by atoms with Crippen LogP contribution in [0.15, 0.2) is 17.1 Å². The Morgan fingerprint density at radius 3 is 2.67 bits per heavy atom. The summed E-state index contributed by atoms with van der Waals surface area (Å²) < 4.78 is 0. The van der Waals surface area contributed by atoms with Crippen LogP contribution in [0.3, 0.4) is 0 Å². The van der Waals surface area contributed by atoms with Gasteiger partial charge in [-0.2, -0.15) is 0 Å². The maximum absolute atomic E-state index is 8.30. The number of aliphatic hydroxyl groups excluding tert-OH is 1. The standard InChI is InChI=1S/C7H13NO/c1-8-6-4-2-3-5-7-9/h3,5-6,9H,2,4,7H2,1H3. The van der Waals surface area contributed by atoms with Gasteiger partial charge in [-0.05, 0) is 19.1 Å². The van der Waals surface area contributed by atoms with Gasteiger partial charge in [0.1, 0.15) is 0 Å². The molecule has 0 bridgehead atoms. The van der Waals surface area contributed by atoms with Crippen molar-refractivity contribution in [3.8, 4) is 0 Å². The molecule has 0 aromatic rings. The zero-order chi connectivity index (χ0) is 6.95. The summed E-state index contributed by atoms with van der Waals surface area (Å²) in [5.74, 6) is 0. The first-order valence-corrected chi connectivity index (χ1v) is 3.08. The van der Waals surface area contributed by atoms with E-state index in [1.165, 1.54) is 0 Å². The fraction of sp³-hybridized carbons (Fsp3) is 0.571. The minimum atomic E-state index is 0.142. The van der Waals surface area contributed by atoms with Gasteiger partial charge in [0.2, 0.25) is 0 Å². The summed E-state index contributed by atoms with van der Waals surface area (Å²) in [6.07, 6.45) is 7.48. The first-order valence-electron chi connectivity index (χ1n) is 3.08. The van der Waals surface area contributed by atoms with Crippen molar-refractivity contribution in [2.24, 2.45) is 4.99 Å². The summed E-state index contributed by atoms with van der Waals surface area (Å²) in [6, 6.07) is 0. The summed E-state index contributed by atoms with van der Waals surface area (Å²) in [4.78, 5) is 3.81. The van der Waals surface area contributed by atoms with E-state index in [2.05, 4.69) is 4.99 Å². The van der Waals surface area contributed by atoms with Crippen LogP contribution in [-0.4, -0.2) is 25.0 Å². The Bertz CT molecular complexity index is 97.1. The highest BCUT2D eigenvalue weighted by Crippen LogP contribution is 1.86. The maximum atomic E-state index is 8.30. The first kappa shape index (κ1) is 8.37. The highest BCUT2D eigenvalue weighted by Gasteiger charge is 1.73. The molecule has 9 heavy (non-hydrogen) atoms. The smallest absolute Gasteiger partial charge is 0.0612 e. The minimum Gasteiger partial charge on any atom is -0.392 e. The second-order valence-electron chi connectivity index (χ2n) is 1.67. The average molecular weight is 127 g/mol. The van der Waals surface area contributed by atoms with Crippen LogP contribution in [0, 0.1) is 0 Å². The van der Waals surface area contributed by atoms with Gasteiger partial charge < -0.3 is 10.1 Å². The fourth-order valence-electron chi connectivity index (χ4n) is 0.492. The van der Waals surface area contributed by atoms with E-state index in [0.717, 1.165) is 12.8 Å². The largest absolute Gasteiger partial charge is 0.392 e. The van der Waals surface area contributed by atoms with Gasteiger partial charge in [-0.3, -0.25) is 0 Å². The number of aliphatic hydroxyl groups is 1. The molecular formula is C7H13NO. The number of unbranched alkanes of at least 4 members (excludes halogenated alkanes) is 1. The van der Waals surface area contributed by atoms with Crippen LogP contribution in [0.25, 0.3) is 0 Å². The molecule has 0 saturated heterocycles. The van der Waals surface area contributed by atoms with E-state index < -0.39 is 0 Å². The molecule has 0 aliphatic rings. The van der Waals surface area contributed by atoms with Crippen LogP contribution in [-0.2, 0) is 0 Å². The van der Waals surface area contributed by atoms with E-state index in [-0.39, 0.29) is 6.61 Å². The van der Waals surface area contributed by atoms with Crippen LogP contribution >= 0.6 is 0 Å². The van der Waals surface area contributed by atoms with Crippen molar-refractivity contribution in [2.45, 2.75) is 12.8 Å². The lowest BCUT2D eigenvalue weighted by Crippen LogP contribution is -1.74. The Morgan fingerprint density at radius 1 is 1.33 bits per heavy atom. The first-order chi connectivity index (χ1) is 4.41. The summed E-state index contributed by atoms with van der Waals surface area (Å²) >= 11 is 0. The Labute approximate surface area is 55.9 Å². The molecule has 2 nitrogen and oxygen atoms in total. The molecule has 0 heterocycles. The van der Waals surface area contributed by atoms with Gasteiger partial charge in [-0.15, -0.1) is 0 Å². The van der Waals surface area contributed by atoms with Crippen molar-refractivity contribution in [3.05, 3.63) is 12.2 Å². The topological polar surface area (TPSA) is 32.6 Å². The highest BCUT2D eigenvalue weighted by atomic mass is 16.2. The second kappa shape index (κ2) is 7.37. The summed E-state index contributed by atoms with van der Waals surface area (Å²) in [7, 11) is 1.76. The molecule has 2 heteroatoms. The van der Waals surface area contributed by atoms with Gasteiger partial charge in [-0.1, -0.05) is 12.2 Å². The molecule has 0 amide bonds. The molecule has 0 spiro atoms. The van der Waals surface area contributed by atoms with Crippen molar-refractivity contribution in [3.63, 3.8) is 0 Å². The molecule has 52 valence electrons. The van der Waals surface area contributed by atoms with E-state index in [4.69, 9.17) is 5.11 Å². The van der Waals surface area contributed by atoms with Crippen molar-refractivity contribution >= 4 is 6.21 Å². The van der Waals surface area contributed by atoms with Gasteiger partial charge in [0.25, 0.3) is 0 Å². The summed E-state index contributed by atoms with van der Waals surface area (Å²) in [5.41, 5.74) is 0. The third-order valence-corrected chi connectivity index (χ3v) is 0.917. The Kier molecular flexibility index (Phi) is 6.85. The molecule has 0 rings (SSSR count). The molecule has 0 fully saturated rings. The van der Waals surface area contributed by atoms with Crippen LogP contribution in [0.2, 0.25) is 0 Å². The van der Waals surface area contributed by atoms with E-state index in [9.17, 15) is 0 Å². The average Bonchev–Trinajstić information content (AvgIpc) is 1.89. The van der Waals surface area contributed by atoms with Crippen LogP contribution < -0.4 is 0 Å². The van der Waals surface area contributed by atoms with Crippen molar-refractivity contribution in [1.82, 2.24) is 0 Å². The minimum absolute atomic E-state index is 0.142. The highest BCUT2D eigenvalue weighted by molar-refractivity contribution is 5.56. The van der Waals surface area contributed by atoms with E-state index >= 15 is 0 Å².